The lowest BCUT2D eigenvalue weighted by Crippen LogP contribution is -2.47. The van der Waals surface area contributed by atoms with Crippen LogP contribution in [-0.2, 0) is 20.7 Å². The van der Waals surface area contributed by atoms with Crippen LogP contribution in [0.4, 0.5) is 0 Å². The number of hydrogen-bond donors (Lipinski definition) is 0. The molecule has 2 atom stereocenters. The lowest BCUT2D eigenvalue weighted by atomic mass is 9.82. The Bertz CT molecular complexity index is 641. The summed E-state index contributed by atoms with van der Waals surface area (Å²) in [5, 5.41) is 0. The Morgan fingerprint density at radius 2 is 1.83 bits per heavy atom. The van der Waals surface area contributed by atoms with Gasteiger partial charge in [-0.1, -0.05) is 12.1 Å². The highest BCUT2D eigenvalue weighted by atomic mass is 16.5. The van der Waals surface area contributed by atoms with Crippen LogP contribution in [0.5, 0.6) is 5.75 Å². The summed E-state index contributed by atoms with van der Waals surface area (Å²) in [6.07, 6.45) is 4.11. The number of carbonyl (C=O) groups excluding carboxylic acids is 1. The van der Waals surface area contributed by atoms with Gasteiger partial charge in [-0.15, -0.1) is 0 Å². The summed E-state index contributed by atoms with van der Waals surface area (Å²) in [7, 11) is 0. The third kappa shape index (κ3) is 5.71. The fraction of sp³-hybridized carbons (Fsp3) is 0.696. The molecular weight excluding hydrogens is 368 g/mol. The third-order valence-corrected chi connectivity index (χ3v) is 6.37. The summed E-state index contributed by atoms with van der Waals surface area (Å²) < 4.78 is 17.0. The molecule has 3 saturated heterocycles. The Morgan fingerprint density at radius 1 is 1.03 bits per heavy atom. The molecule has 0 N–H and O–H groups in total. The van der Waals surface area contributed by atoms with Crippen molar-refractivity contribution in [2.75, 3.05) is 65.8 Å². The molecule has 3 fully saturated rings. The fourth-order valence-electron chi connectivity index (χ4n) is 4.45. The summed E-state index contributed by atoms with van der Waals surface area (Å²) in [6.45, 7) is 8.47. The highest BCUT2D eigenvalue weighted by Crippen LogP contribution is 2.28. The van der Waals surface area contributed by atoms with Crippen molar-refractivity contribution in [2.45, 2.75) is 25.7 Å². The van der Waals surface area contributed by atoms with Gasteiger partial charge < -0.3 is 24.0 Å². The van der Waals surface area contributed by atoms with Gasteiger partial charge >= 0.3 is 0 Å². The summed E-state index contributed by atoms with van der Waals surface area (Å²) in [5.74, 6) is 1.50. The van der Waals surface area contributed by atoms with E-state index in [0.29, 0.717) is 39.5 Å². The average Bonchev–Trinajstić information content (AvgIpc) is 2.74. The van der Waals surface area contributed by atoms with Crippen molar-refractivity contribution in [1.82, 2.24) is 9.80 Å². The minimum atomic E-state index is 0.0549. The number of likely N-dealkylation sites (tertiary alicyclic amines) is 1. The number of rotatable bonds is 8. The smallest absolute Gasteiger partial charge is 0.226 e. The predicted molar refractivity (Wildman–Crippen MR) is 111 cm³/mol. The molecule has 6 heteroatoms. The molecule has 3 heterocycles. The van der Waals surface area contributed by atoms with Crippen molar-refractivity contribution in [2.24, 2.45) is 11.8 Å². The van der Waals surface area contributed by atoms with E-state index in [-0.39, 0.29) is 17.7 Å². The molecule has 0 aliphatic carbocycles. The van der Waals surface area contributed by atoms with E-state index in [9.17, 15) is 4.79 Å². The van der Waals surface area contributed by atoms with Crippen molar-refractivity contribution in [3.05, 3.63) is 29.8 Å². The zero-order valence-electron chi connectivity index (χ0n) is 17.4. The molecule has 4 rings (SSSR count). The van der Waals surface area contributed by atoms with Gasteiger partial charge in [-0.3, -0.25) is 4.79 Å². The van der Waals surface area contributed by atoms with Crippen LogP contribution in [0.25, 0.3) is 0 Å². The second-order valence-corrected chi connectivity index (χ2v) is 8.41. The van der Waals surface area contributed by atoms with Gasteiger partial charge in [0, 0.05) is 32.2 Å². The molecule has 2 unspecified atom stereocenters. The quantitative estimate of drug-likeness (QED) is 0.624. The van der Waals surface area contributed by atoms with Gasteiger partial charge in [0.05, 0.1) is 26.4 Å². The monoisotopic (exact) mass is 402 g/mol. The molecule has 1 aromatic rings. The molecule has 3 aliphatic heterocycles. The number of nitrogens with zero attached hydrogens (tertiary/aromatic N) is 2. The van der Waals surface area contributed by atoms with E-state index in [0.717, 1.165) is 38.2 Å². The lowest BCUT2D eigenvalue weighted by molar-refractivity contribution is -0.145. The van der Waals surface area contributed by atoms with E-state index in [4.69, 9.17) is 14.2 Å². The number of carbonyl (C=O) groups is 1. The SMILES string of the molecule is O=C(C1CCOCC1Cc1ccc(OCCCN2CCC2)cc1)N1CCOCC1. The van der Waals surface area contributed by atoms with E-state index in [1.54, 1.807) is 0 Å². The molecule has 1 amide bonds. The third-order valence-electron chi connectivity index (χ3n) is 6.37. The molecule has 3 aliphatic rings. The molecule has 1 aromatic carbocycles. The van der Waals surface area contributed by atoms with Crippen LogP contribution in [0.2, 0.25) is 0 Å². The van der Waals surface area contributed by atoms with E-state index in [1.165, 1.54) is 25.1 Å². The fourth-order valence-corrected chi connectivity index (χ4v) is 4.45. The standard InChI is InChI=1S/C23H34N2O4/c26-23(25-11-15-27-16-12-25)22-7-14-28-18-20(22)17-19-3-5-21(6-4-19)29-13-2-10-24-8-1-9-24/h3-6,20,22H,1-2,7-18H2. The van der Waals surface area contributed by atoms with Crippen molar-refractivity contribution in [3.8, 4) is 5.75 Å². The second-order valence-electron chi connectivity index (χ2n) is 8.41. The molecule has 0 spiro atoms. The van der Waals surface area contributed by atoms with Crippen LogP contribution in [0.15, 0.2) is 24.3 Å². The Balaban J connectivity index is 1.26. The van der Waals surface area contributed by atoms with E-state index < -0.39 is 0 Å². The minimum absolute atomic E-state index is 0.0549. The first kappa shape index (κ1) is 20.6. The maximum atomic E-state index is 13.0. The lowest BCUT2D eigenvalue weighted by Gasteiger charge is -2.36. The highest BCUT2D eigenvalue weighted by Gasteiger charge is 2.34. The number of hydrogen-bond acceptors (Lipinski definition) is 5. The van der Waals surface area contributed by atoms with Crippen molar-refractivity contribution < 1.29 is 19.0 Å². The van der Waals surface area contributed by atoms with Crippen LogP contribution < -0.4 is 4.74 Å². The summed E-state index contributed by atoms with van der Waals surface area (Å²) in [5.41, 5.74) is 1.24. The van der Waals surface area contributed by atoms with Crippen molar-refractivity contribution >= 4 is 5.91 Å². The van der Waals surface area contributed by atoms with Gasteiger partial charge in [-0.05, 0) is 62.4 Å². The maximum Gasteiger partial charge on any atom is 0.226 e. The van der Waals surface area contributed by atoms with E-state index in [1.807, 2.05) is 4.90 Å². The summed E-state index contributed by atoms with van der Waals surface area (Å²) >= 11 is 0. The molecule has 0 aromatic heterocycles. The molecule has 0 radical (unpaired) electrons. The van der Waals surface area contributed by atoms with Crippen LogP contribution in [0.1, 0.15) is 24.8 Å². The zero-order valence-corrected chi connectivity index (χ0v) is 17.4. The Labute approximate surface area is 174 Å². The minimum Gasteiger partial charge on any atom is -0.494 e. The maximum absolute atomic E-state index is 13.0. The first-order valence-corrected chi connectivity index (χ1v) is 11.2. The molecule has 0 bridgehead atoms. The van der Waals surface area contributed by atoms with Gasteiger partial charge in [-0.2, -0.15) is 0 Å². The van der Waals surface area contributed by atoms with Gasteiger partial charge in [0.25, 0.3) is 0 Å². The second kappa shape index (κ2) is 10.4. The molecule has 29 heavy (non-hydrogen) atoms. The van der Waals surface area contributed by atoms with Crippen LogP contribution >= 0.6 is 0 Å². The average molecular weight is 403 g/mol. The van der Waals surface area contributed by atoms with Crippen molar-refractivity contribution in [3.63, 3.8) is 0 Å². The van der Waals surface area contributed by atoms with E-state index >= 15 is 0 Å². The molecule has 160 valence electrons. The number of morpholine rings is 1. The van der Waals surface area contributed by atoms with Crippen LogP contribution in [0.3, 0.4) is 0 Å². The Morgan fingerprint density at radius 3 is 2.55 bits per heavy atom. The molecular formula is C23H34N2O4. The zero-order chi connectivity index (χ0) is 19.9. The normalized spacial score (nSPS) is 25.4. The highest BCUT2D eigenvalue weighted by molar-refractivity contribution is 5.79. The number of ether oxygens (including phenoxy) is 3. The van der Waals surface area contributed by atoms with Crippen LogP contribution in [-0.4, -0.2) is 81.5 Å². The number of benzene rings is 1. The van der Waals surface area contributed by atoms with Gasteiger partial charge in [0.1, 0.15) is 5.75 Å². The first-order chi connectivity index (χ1) is 14.3. The summed E-state index contributed by atoms with van der Waals surface area (Å²) in [6, 6.07) is 8.38. The van der Waals surface area contributed by atoms with Crippen molar-refractivity contribution in [1.29, 1.82) is 0 Å². The number of amides is 1. The first-order valence-electron chi connectivity index (χ1n) is 11.2. The predicted octanol–water partition coefficient (Wildman–Crippen LogP) is 2.22. The topological polar surface area (TPSA) is 51.2 Å². The van der Waals surface area contributed by atoms with Gasteiger partial charge in [0.2, 0.25) is 5.91 Å². The Kier molecular flexibility index (Phi) is 7.41. The van der Waals surface area contributed by atoms with Gasteiger partial charge in [-0.25, -0.2) is 0 Å². The summed E-state index contributed by atoms with van der Waals surface area (Å²) in [4.78, 5) is 17.5. The Hall–Kier alpha value is -1.63. The van der Waals surface area contributed by atoms with Gasteiger partial charge in [0.15, 0.2) is 0 Å². The molecule has 6 nitrogen and oxygen atoms in total. The van der Waals surface area contributed by atoms with Crippen LogP contribution in [0, 0.1) is 11.8 Å². The molecule has 0 saturated carbocycles. The largest absolute Gasteiger partial charge is 0.494 e. The van der Waals surface area contributed by atoms with E-state index in [2.05, 4.69) is 29.2 Å².